The lowest BCUT2D eigenvalue weighted by atomic mass is 10.2. The second kappa shape index (κ2) is 7.89. The third-order valence-electron chi connectivity index (χ3n) is 3.82. The Hall–Kier alpha value is -2.05. The molecule has 2 aromatic heterocycles. The minimum Gasteiger partial charge on any atom is -0.457 e. The van der Waals surface area contributed by atoms with Crippen molar-refractivity contribution in [3.8, 4) is 0 Å². The maximum absolute atomic E-state index is 12.1. The van der Waals surface area contributed by atoms with E-state index in [9.17, 15) is 9.59 Å². The molecule has 0 bridgehead atoms. The van der Waals surface area contributed by atoms with Crippen molar-refractivity contribution in [2.24, 2.45) is 0 Å². The maximum Gasteiger partial charge on any atom is 0.306 e. The first kappa shape index (κ1) is 17.8. The zero-order valence-electron chi connectivity index (χ0n) is 14.2. The summed E-state index contributed by atoms with van der Waals surface area (Å²) >= 11 is 3.23. The predicted octanol–water partition coefficient (Wildman–Crippen LogP) is 4.72. The highest BCUT2D eigenvalue weighted by Crippen LogP contribution is 2.23. The van der Waals surface area contributed by atoms with Gasteiger partial charge in [0.25, 0.3) is 0 Å². The molecule has 2 heterocycles. The largest absolute Gasteiger partial charge is 0.457 e. The highest BCUT2D eigenvalue weighted by Gasteiger charge is 2.14. The van der Waals surface area contributed by atoms with E-state index in [0.29, 0.717) is 18.4 Å². The molecule has 0 unspecified atom stereocenters. The zero-order valence-corrected chi connectivity index (χ0v) is 15.8. The van der Waals surface area contributed by atoms with Crippen molar-refractivity contribution >= 4 is 44.6 Å². The molecule has 1 aromatic carbocycles. The van der Waals surface area contributed by atoms with E-state index in [0.717, 1.165) is 31.4 Å². The molecule has 3 rings (SSSR count). The number of fused-ring (bicyclic) bond motifs is 1. The van der Waals surface area contributed by atoms with Gasteiger partial charge in [-0.15, -0.1) is 22.7 Å². The second-order valence-corrected chi connectivity index (χ2v) is 8.42. The summed E-state index contributed by atoms with van der Waals surface area (Å²) in [7, 11) is 0. The van der Waals surface area contributed by atoms with Crippen molar-refractivity contribution in [2.45, 2.75) is 33.1 Å². The number of thiophene rings is 1. The standard InChI is InChI=1S/C19H19NO3S2/c1-12-10-14(13(2)24-12)16(21)11-23-19(22)9-5-8-18-20-15-6-3-4-7-17(15)25-18/h3-4,6-7,10H,5,8-9,11H2,1-2H3. The van der Waals surface area contributed by atoms with Gasteiger partial charge in [0, 0.05) is 21.7 Å². The first-order chi connectivity index (χ1) is 12.0. The highest BCUT2D eigenvalue weighted by atomic mass is 32.1. The number of ether oxygens (including phenoxy) is 1. The Kier molecular flexibility index (Phi) is 5.60. The lowest BCUT2D eigenvalue weighted by molar-refractivity contribution is -0.142. The topological polar surface area (TPSA) is 56.3 Å². The Morgan fingerprint density at radius 1 is 1.16 bits per heavy atom. The summed E-state index contributed by atoms with van der Waals surface area (Å²) in [5, 5.41) is 1.02. The van der Waals surface area contributed by atoms with Crippen molar-refractivity contribution < 1.29 is 14.3 Å². The van der Waals surface area contributed by atoms with E-state index in [4.69, 9.17) is 4.74 Å². The first-order valence-electron chi connectivity index (χ1n) is 8.13. The smallest absolute Gasteiger partial charge is 0.306 e. The van der Waals surface area contributed by atoms with Gasteiger partial charge in [-0.25, -0.2) is 4.98 Å². The van der Waals surface area contributed by atoms with Crippen molar-refractivity contribution in [2.75, 3.05) is 6.61 Å². The molecule has 0 N–H and O–H groups in total. The number of hydrogen-bond acceptors (Lipinski definition) is 6. The monoisotopic (exact) mass is 373 g/mol. The Morgan fingerprint density at radius 2 is 1.96 bits per heavy atom. The molecule has 25 heavy (non-hydrogen) atoms. The summed E-state index contributed by atoms with van der Waals surface area (Å²) in [6, 6.07) is 9.85. The molecule has 0 saturated heterocycles. The van der Waals surface area contributed by atoms with Crippen LogP contribution >= 0.6 is 22.7 Å². The molecule has 0 fully saturated rings. The van der Waals surface area contributed by atoms with Crippen LogP contribution in [-0.2, 0) is 16.0 Å². The molecule has 0 aliphatic heterocycles. The first-order valence-corrected chi connectivity index (χ1v) is 9.76. The molecular formula is C19H19NO3S2. The van der Waals surface area contributed by atoms with Crippen LogP contribution in [0, 0.1) is 13.8 Å². The minimum atomic E-state index is -0.334. The van der Waals surface area contributed by atoms with Crippen molar-refractivity contribution in [1.29, 1.82) is 0 Å². The average Bonchev–Trinajstić information content (AvgIpc) is 3.14. The van der Waals surface area contributed by atoms with Gasteiger partial charge in [-0.1, -0.05) is 12.1 Å². The normalized spacial score (nSPS) is 11.0. The van der Waals surface area contributed by atoms with Gasteiger partial charge in [0.2, 0.25) is 5.78 Å². The summed E-state index contributed by atoms with van der Waals surface area (Å²) in [5.74, 6) is -0.472. The van der Waals surface area contributed by atoms with Crippen molar-refractivity contribution in [3.05, 3.63) is 50.7 Å². The van der Waals surface area contributed by atoms with Gasteiger partial charge in [0.1, 0.15) is 0 Å². The SMILES string of the molecule is Cc1cc(C(=O)COC(=O)CCCc2nc3ccccc3s2)c(C)s1. The lowest BCUT2D eigenvalue weighted by Gasteiger charge is -2.03. The Balaban J connectivity index is 1.43. The quantitative estimate of drug-likeness (QED) is 0.444. The van der Waals surface area contributed by atoms with Gasteiger partial charge in [-0.05, 0) is 44.9 Å². The van der Waals surface area contributed by atoms with Crippen LogP contribution in [-0.4, -0.2) is 23.3 Å². The fraction of sp³-hybridized carbons (Fsp3) is 0.316. The number of aryl methyl sites for hydroxylation is 3. The molecule has 0 spiro atoms. The number of nitrogens with zero attached hydrogens (tertiary/aromatic N) is 1. The summed E-state index contributed by atoms with van der Waals surface area (Å²) in [6.07, 6.45) is 1.71. The van der Waals surface area contributed by atoms with E-state index in [2.05, 4.69) is 4.98 Å². The number of benzene rings is 1. The molecule has 0 radical (unpaired) electrons. The van der Waals surface area contributed by atoms with Crippen LogP contribution in [0.3, 0.4) is 0 Å². The van der Waals surface area contributed by atoms with Crippen LogP contribution in [0.2, 0.25) is 0 Å². The van der Waals surface area contributed by atoms with E-state index in [-0.39, 0.29) is 18.4 Å². The third kappa shape index (κ3) is 4.52. The molecule has 0 aliphatic carbocycles. The van der Waals surface area contributed by atoms with Crippen LogP contribution in [0.1, 0.15) is 38.0 Å². The number of ketones is 1. The number of Topliss-reactive ketones (excluding diaryl/α,β-unsaturated/α-hetero) is 1. The minimum absolute atomic E-state index is 0.138. The predicted molar refractivity (Wildman–Crippen MR) is 102 cm³/mol. The molecule has 130 valence electrons. The van der Waals surface area contributed by atoms with Gasteiger partial charge in [0.05, 0.1) is 15.2 Å². The number of aromatic nitrogens is 1. The number of carbonyl (C=O) groups is 2. The van der Waals surface area contributed by atoms with Crippen LogP contribution in [0.25, 0.3) is 10.2 Å². The number of thiazole rings is 1. The third-order valence-corrected chi connectivity index (χ3v) is 5.88. The molecule has 0 atom stereocenters. The Labute approximate surface area is 154 Å². The molecule has 4 nitrogen and oxygen atoms in total. The summed E-state index contributed by atoms with van der Waals surface area (Å²) in [4.78, 5) is 30.5. The fourth-order valence-electron chi connectivity index (χ4n) is 2.61. The number of esters is 1. The van der Waals surface area contributed by atoms with Crippen molar-refractivity contribution in [3.63, 3.8) is 0 Å². The van der Waals surface area contributed by atoms with E-state index in [1.165, 1.54) is 0 Å². The molecular weight excluding hydrogens is 354 g/mol. The second-order valence-electron chi connectivity index (χ2n) is 5.84. The van der Waals surface area contributed by atoms with Gasteiger partial charge in [-0.2, -0.15) is 0 Å². The van der Waals surface area contributed by atoms with Gasteiger partial charge < -0.3 is 4.74 Å². The zero-order chi connectivity index (χ0) is 17.8. The summed E-state index contributed by atoms with van der Waals surface area (Å²) in [5.41, 5.74) is 1.65. The number of para-hydroxylation sites is 1. The molecule has 0 amide bonds. The van der Waals surface area contributed by atoms with Gasteiger partial charge in [0.15, 0.2) is 6.61 Å². The van der Waals surface area contributed by atoms with E-state index < -0.39 is 0 Å². The molecule has 3 aromatic rings. The van der Waals surface area contributed by atoms with Crippen LogP contribution in [0.5, 0.6) is 0 Å². The number of rotatable bonds is 7. The van der Waals surface area contributed by atoms with E-state index in [1.807, 2.05) is 44.2 Å². The molecule has 0 saturated carbocycles. The summed E-state index contributed by atoms with van der Waals surface area (Å²) in [6.45, 7) is 3.68. The summed E-state index contributed by atoms with van der Waals surface area (Å²) < 4.78 is 6.28. The molecule has 0 aliphatic rings. The van der Waals surface area contributed by atoms with Gasteiger partial charge in [-0.3, -0.25) is 9.59 Å². The van der Waals surface area contributed by atoms with Crippen molar-refractivity contribution in [1.82, 2.24) is 4.98 Å². The maximum atomic E-state index is 12.1. The highest BCUT2D eigenvalue weighted by molar-refractivity contribution is 7.18. The van der Waals surface area contributed by atoms with Gasteiger partial charge >= 0.3 is 5.97 Å². The fourth-order valence-corrected chi connectivity index (χ4v) is 4.57. The Bertz CT molecular complexity index is 877. The van der Waals surface area contributed by atoms with Crippen LogP contribution < -0.4 is 0 Å². The molecule has 6 heteroatoms. The van der Waals surface area contributed by atoms with E-state index >= 15 is 0 Å². The average molecular weight is 373 g/mol. The van der Waals surface area contributed by atoms with Crippen LogP contribution in [0.15, 0.2) is 30.3 Å². The number of hydrogen-bond donors (Lipinski definition) is 0. The lowest BCUT2D eigenvalue weighted by Crippen LogP contribution is -2.14. The number of carbonyl (C=O) groups excluding carboxylic acids is 2. The van der Waals surface area contributed by atoms with E-state index in [1.54, 1.807) is 22.7 Å². The Morgan fingerprint density at radius 3 is 2.68 bits per heavy atom. The van der Waals surface area contributed by atoms with Crippen LogP contribution in [0.4, 0.5) is 0 Å².